The monoisotopic (exact) mass is 383 g/mol. The normalized spacial score (nSPS) is 13.9. The van der Waals surface area contributed by atoms with E-state index >= 15 is 0 Å². The van der Waals surface area contributed by atoms with Crippen LogP contribution in [0.25, 0.3) is 0 Å². The average molecular weight is 383 g/mol. The zero-order chi connectivity index (χ0) is 19.9. The standard InChI is InChI=1S/C20H25N5O3/c1-3-15-5-7-16(8-6-15)21-19(26)17-9-10-18(23-22-17)24-11-13-25(14-12-24)20(27)28-4-2/h5-10H,3-4,11-14H2,1-2H3,(H,21,26). The van der Waals surface area contributed by atoms with Crippen LogP contribution >= 0.6 is 0 Å². The summed E-state index contributed by atoms with van der Waals surface area (Å²) in [5.41, 5.74) is 2.20. The summed E-state index contributed by atoms with van der Waals surface area (Å²) in [6, 6.07) is 11.2. The molecule has 0 aliphatic carbocycles. The number of hydrogen-bond donors (Lipinski definition) is 1. The molecule has 0 unspecified atom stereocenters. The second-order valence-corrected chi connectivity index (χ2v) is 6.45. The van der Waals surface area contributed by atoms with E-state index in [4.69, 9.17) is 4.74 Å². The fourth-order valence-electron chi connectivity index (χ4n) is 2.97. The molecule has 3 rings (SSSR count). The number of amides is 2. The van der Waals surface area contributed by atoms with Gasteiger partial charge in [0.15, 0.2) is 11.5 Å². The molecule has 2 aromatic rings. The van der Waals surface area contributed by atoms with Crippen LogP contribution in [0.4, 0.5) is 16.3 Å². The zero-order valence-corrected chi connectivity index (χ0v) is 16.2. The van der Waals surface area contributed by atoms with E-state index in [1.807, 2.05) is 29.2 Å². The maximum atomic E-state index is 12.4. The number of carbonyl (C=O) groups excluding carboxylic acids is 2. The Kier molecular flexibility index (Phi) is 6.41. The van der Waals surface area contributed by atoms with Crippen LogP contribution in [0, 0.1) is 0 Å². The summed E-state index contributed by atoms with van der Waals surface area (Å²) in [6.07, 6.45) is 0.669. The summed E-state index contributed by atoms with van der Waals surface area (Å²) in [7, 11) is 0. The SMILES string of the molecule is CCOC(=O)N1CCN(c2ccc(C(=O)Nc3ccc(CC)cc3)nn2)CC1. The van der Waals surface area contributed by atoms with Gasteiger partial charge in [0, 0.05) is 31.9 Å². The van der Waals surface area contributed by atoms with Crippen LogP contribution in [-0.2, 0) is 11.2 Å². The Morgan fingerprint density at radius 2 is 1.71 bits per heavy atom. The third-order valence-corrected chi connectivity index (χ3v) is 4.63. The van der Waals surface area contributed by atoms with E-state index in [9.17, 15) is 9.59 Å². The first-order valence-electron chi connectivity index (χ1n) is 9.51. The minimum Gasteiger partial charge on any atom is -0.450 e. The predicted octanol–water partition coefficient (Wildman–Crippen LogP) is 2.57. The molecule has 1 saturated heterocycles. The molecule has 1 aromatic carbocycles. The van der Waals surface area contributed by atoms with Gasteiger partial charge in [-0.2, -0.15) is 0 Å². The lowest BCUT2D eigenvalue weighted by atomic mass is 10.1. The zero-order valence-electron chi connectivity index (χ0n) is 16.2. The van der Waals surface area contributed by atoms with Crippen molar-refractivity contribution in [2.24, 2.45) is 0 Å². The highest BCUT2D eigenvalue weighted by molar-refractivity contribution is 6.02. The summed E-state index contributed by atoms with van der Waals surface area (Å²) >= 11 is 0. The molecule has 2 heterocycles. The number of nitrogens with zero attached hydrogens (tertiary/aromatic N) is 4. The van der Waals surface area contributed by atoms with Crippen LogP contribution in [0.15, 0.2) is 36.4 Å². The van der Waals surface area contributed by atoms with Crippen molar-refractivity contribution < 1.29 is 14.3 Å². The third kappa shape index (κ3) is 4.76. The molecule has 28 heavy (non-hydrogen) atoms. The first-order chi connectivity index (χ1) is 13.6. The molecule has 148 valence electrons. The Morgan fingerprint density at radius 1 is 1.00 bits per heavy atom. The van der Waals surface area contributed by atoms with Gasteiger partial charge in [-0.25, -0.2) is 4.79 Å². The number of benzene rings is 1. The van der Waals surface area contributed by atoms with Crippen molar-refractivity contribution in [2.45, 2.75) is 20.3 Å². The maximum absolute atomic E-state index is 12.4. The molecule has 0 spiro atoms. The van der Waals surface area contributed by atoms with Crippen LogP contribution in [0.1, 0.15) is 29.9 Å². The van der Waals surface area contributed by atoms with E-state index in [2.05, 4.69) is 22.4 Å². The van der Waals surface area contributed by atoms with E-state index in [1.54, 1.807) is 24.0 Å². The van der Waals surface area contributed by atoms with E-state index in [-0.39, 0.29) is 17.7 Å². The summed E-state index contributed by atoms with van der Waals surface area (Å²) < 4.78 is 5.02. The number of rotatable bonds is 5. The molecule has 8 heteroatoms. The molecule has 1 N–H and O–H groups in total. The highest BCUT2D eigenvalue weighted by Gasteiger charge is 2.23. The predicted molar refractivity (Wildman–Crippen MR) is 107 cm³/mol. The minimum atomic E-state index is -0.296. The quantitative estimate of drug-likeness (QED) is 0.854. The first-order valence-corrected chi connectivity index (χ1v) is 9.51. The minimum absolute atomic E-state index is 0.258. The molecule has 0 radical (unpaired) electrons. The Morgan fingerprint density at radius 3 is 2.29 bits per heavy atom. The first kappa shape index (κ1) is 19.6. The molecule has 8 nitrogen and oxygen atoms in total. The van der Waals surface area contributed by atoms with E-state index in [1.165, 1.54) is 5.56 Å². The number of hydrogen-bond acceptors (Lipinski definition) is 6. The lowest BCUT2D eigenvalue weighted by molar-refractivity contribution is 0.101. The van der Waals surface area contributed by atoms with Crippen molar-refractivity contribution in [1.29, 1.82) is 0 Å². The van der Waals surface area contributed by atoms with Gasteiger partial charge in [-0.15, -0.1) is 10.2 Å². The lowest BCUT2D eigenvalue weighted by Gasteiger charge is -2.34. The van der Waals surface area contributed by atoms with Crippen LogP contribution in [0.3, 0.4) is 0 Å². The smallest absolute Gasteiger partial charge is 0.409 e. The number of nitrogens with one attached hydrogen (secondary N) is 1. The molecular formula is C20H25N5O3. The van der Waals surface area contributed by atoms with E-state index in [0.29, 0.717) is 38.6 Å². The molecule has 0 bridgehead atoms. The van der Waals surface area contributed by atoms with Crippen LogP contribution in [-0.4, -0.2) is 59.9 Å². The van der Waals surface area contributed by atoms with Crippen molar-refractivity contribution in [1.82, 2.24) is 15.1 Å². The molecule has 0 atom stereocenters. The van der Waals surface area contributed by atoms with Crippen LogP contribution < -0.4 is 10.2 Å². The Hall–Kier alpha value is -3.16. The second-order valence-electron chi connectivity index (χ2n) is 6.45. The molecule has 1 aliphatic heterocycles. The van der Waals surface area contributed by atoms with Gasteiger partial charge >= 0.3 is 6.09 Å². The fourth-order valence-corrected chi connectivity index (χ4v) is 2.97. The van der Waals surface area contributed by atoms with Crippen molar-refractivity contribution in [3.8, 4) is 0 Å². The summed E-state index contributed by atoms with van der Waals surface area (Å²) in [5.74, 6) is 0.391. The Balaban J connectivity index is 1.56. The average Bonchev–Trinajstić information content (AvgIpc) is 2.74. The van der Waals surface area contributed by atoms with Gasteiger partial charge < -0.3 is 19.9 Å². The van der Waals surface area contributed by atoms with E-state index < -0.39 is 0 Å². The summed E-state index contributed by atoms with van der Waals surface area (Å²) in [5, 5.41) is 11.1. The molecule has 0 saturated carbocycles. The third-order valence-electron chi connectivity index (χ3n) is 4.63. The van der Waals surface area contributed by atoms with E-state index in [0.717, 1.165) is 12.1 Å². The molecular weight excluding hydrogens is 358 g/mol. The fraction of sp³-hybridized carbons (Fsp3) is 0.400. The Bertz CT molecular complexity index is 800. The molecule has 1 aromatic heterocycles. The van der Waals surface area contributed by atoms with Gasteiger partial charge in [-0.05, 0) is 43.2 Å². The number of carbonyl (C=O) groups is 2. The van der Waals surface area contributed by atoms with Gasteiger partial charge in [-0.1, -0.05) is 19.1 Å². The highest BCUT2D eigenvalue weighted by atomic mass is 16.6. The lowest BCUT2D eigenvalue weighted by Crippen LogP contribution is -2.49. The van der Waals surface area contributed by atoms with Gasteiger partial charge in [0.05, 0.1) is 6.61 Å². The van der Waals surface area contributed by atoms with Crippen molar-refractivity contribution in [3.63, 3.8) is 0 Å². The number of ether oxygens (including phenoxy) is 1. The van der Waals surface area contributed by atoms with Gasteiger partial charge in [-0.3, -0.25) is 4.79 Å². The maximum Gasteiger partial charge on any atom is 0.409 e. The molecule has 1 aliphatic rings. The van der Waals surface area contributed by atoms with Crippen LogP contribution in [0.2, 0.25) is 0 Å². The number of aromatic nitrogens is 2. The van der Waals surface area contributed by atoms with Crippen LogP contribution in [0.5, 0.6) is 0 Å². The summed E-state index contributed by atoms with van der Waals surface area (Å²) in [4.78, 5) is 27.8. The molecule has 2 amide bonds. The van der Waals surface area contributed by atoms with Gasteiger partial charge in [0.1, 0.15) is 0 Å². The molecule has 1 fully saturated rings. The van der Waals surface area contributed by atoms with Crippen molar-refractivity contribution in [2.75, 3.05) is 43.0 Å². The van der Waals surface area contributed by atoms with Gasteiger partial charge in [0.2, 0.25) is 0 Å². The number of anilines is 2. The topological polar surface area (TPSA) is 87.7 Å². The largest absolute Gasteiger partial charge is 0.450 e. The second kappa shape index (κ2) is 9.16. The van der Waals surface area contributed by atoms with Crippen molar-refractivity contribution >= 4 is 23.5 Å². The number of aryl methyl sites for hydroxylation is 1. The summed E-state index contributed by atoms with van der Waals surface area (Å²) in [6.45, 7) is 6.67. The number of piperazine rings is 1. The highest BCUT2D eigenvalue weighted by Crippen LogP contribution is 2.15. The van der Waals surface area contributed by atoms with Crippen molar-refractivity contribution in [3.05, 3.63) is 47.7 Å². The van der Waals surface area contributed by atoms with Gasteiger partial charge in [0.25, 0.3) is 5.91 Å². The Labute approximate surface area is 164 Å².